The zero-order chi connectivity index (χ0) is 13.7. The summed E-state index contributed by atoms with van der Waals surface area (Å²) < 4.78 is 1.17. The van der Waals surface area contributed by atoms with Gasteiger partial charge in [0.1, 0.15) is 0 Å². The normalized spacial score (nSPS) is 14.7. The second-order valence-corrected chi connectivity index (χ2v) is 5.94. The van der Waals surface area contributed by atoms with Gasteiger partial charge in [-0.15, -0.1) is 0 Å². The Morgan fingerprint density at radius 2 is 2.21 bits per heavy atom. The highest BCUT2D eigenvalue weighted by Gasteiger charge is 2.20. The third-order valence-corrected chi connectivity index (χ3v) is 4.27. The van der Waals surface area contributed by atoms with Crippen molar-refractivity contribution >= 4 is 21.6 Å². The summed E-state index contributed by atoms with van der Waals surface area (Å²) in [6.07, 6.45) is 3.46. The van der Waals surface area contributed by atoms with Crippen LogP contribution in [0, 0.1) is 0 Å². The topological polar surface area (TPSA) is 35.5 Å². The van der Waals surface area contributed by atoms with E-state index in [9.17, 15) is 0 Å². The minimum Gasteiger partial charge on any atom is -0.396 e. The van der Waals surface area contributed by atoms with Crippen LogP contribution >= 0.6 is 15.9 Å². The monoisotopic (exact) mass is 326 g/mol. The third kappa shape index (κ3) is 4.48. The minimum absolute atomic E-state index is 0.251. The molecule has 1 aromatic carbocycles. The predicted octanol–water partition coefficient (Wildman–Crippen LogP) is 2.91. The summed E-state index contributed by atoms with van der Waals surface area (Å²) in [5, 5.41) is 12.5. The molecule has 0 aliphatic heterocycles. The summed E-state index contributed by atoms with van der Waals surface area (Å²) in [6, 6.07) is 7.29. The predicted molar refractivity (Wildman–Crippen MR) is 83.6 cm³/mol. The second kappa shape index (κ2) is 7.27. The average molecular weight is 327 g/mol. The van der Waals surface area contributed by atoms with Gasteiger partial charge in [-0.1, -0.05) is 22.0 Å². The lowest BCUT2D eigenvalue weighted by molar-refractivity contribution is 0.289. The number of rotatable bonds is 8. The Bertz CT molecular complexity index is 407. The highest BCUT2D eigenvalue weighted by atomic mass is 79.9. The molecule has 1 aromatic rings. The van der Waals surface area contributed by atoms with E-state index in [1.807, 2.05) is 0 Å². The van der Waals surface area contributed by atoms with Crippen LogP contribution in [0.3, 0.4) is 0 Å². The first-order chi connectivity index (χ1) is 9.24. The molecule has 0 bridgehead atoms. The van der Waals surface area contributed by atoms with Crippen molar-refractivity contribution in [1.29, 1.82) is 0 Å². The van der Waals surface area contributed by atoms with Crippen molar-refractivity contribution < 1.29 is 5.11 Å². The molecule has 106 valence electrons. The Morgan fingerprint density at radius 1 is 1.42 bits per heavy atom. The molecule has 1 aliphatic carbocycles. The van der Waals surface area contributed by atoms with E-state index in [0.29, 0.717) is 0 Å². The molecule has 0 spiro atoms. The Balaban J connectivity index is 1.98. The lowest BCUT2D eigenvalue weighted by Crippen LogP contribution is -2.24. The Kier molecular flexibility index (Phi) is 5.67. The molecule has 0 amide bonds. The van der Waals surface area contributed by atoms with E-state index in [1.54, 1.807) is 0 Å². The number of anilines is 1. The molecule has 0 unspecified atom stereocenters. The molecule has 0 radical (unpaired) electrons. The van der Waals surface area contributed by atoms with Crippen molar-refractivity contribution in [1.82, 2.24) is 5.32 Å². The molecule has 0 atom stereocenters. The molecule has 3 nitrogen and oxygen atoms in total. The van der Waals surface area contributed by atoms with Crippen LogP contribution in [0.25, 0.3) is 0 Å². The van der Waals surface area contributed by atoms with Crippen molar-refractivity contribution in [3.05, 3.63) is 28.2 Å². The van der Waals surface area contributed by atoms with Crippen LogP contribution < -0.4 is 10.2 Å². The van der Waals surface area contributed by atoms with Gasteiger partial charge in [0.05, 0.1) is 0 Å². The zero-order valence-corrected chi connectivity index (χ0v) is 13.1. The van der Waals surface area contributed by atoms with E-state index < -0.39 is 0 Å². The van der Waals surface area contributed by atoms with E-state index in [1.165, 1.54) is 28.6 Å². The van der Waals surface area contributed by atoms with Gasteiger partial charge in [0, 0.05) is 42.4 Å². The standard InChI is InChI=1S/C15H23BrN2O/c1-2-18(8-3-9-19)14-7-4-12(15(16)10-14)11-17-13-5-6-13/h4,7,10,13,17,19H,2-3,5-6,8-9,11H2,1H3. The quantitative estimate of drug-likeness (QED) is 0.771. The van der Waals surface area contributed by atoms with Crippen molar-refractivity contribution in [3.8, 4) is 0 Å². The maximum absolute atomic E-state index is 8.94. The molecule has 1 saturated carbocycles. The third-order valence-electron chi connectivity index (χ3n) is 3.53. The number of nitrogens with zero attached hydrogens (tertiary/aromatic N) is 1. The molecule has 1 aliphatic rings. The number of aliphatic hydroxyl groups is 1. The molecular weight excluding hydrogens is 304 g/mol. The van der Waals surface area contributed by atoms with Crippen molar-refractivity contribution in [2.75, 3.05) is 24.6 Å². The number of halogens is 1. The van der Waals surface area contributed by atoms with Crippen molar-refractivity contribution in [2.45, 2.75) is 38.8 Å². The molecule has 0 aromatic heterocycles. The molecule has 2 rings (SSSR count). The van der Waals surface area contributed by atoms with Gasteiger partial charge in [-0.2, -0.15) is 0 Å². The summed E-state index contributed by atoms with van der Waals surface area (Å²) in [5.74, 6) is 0. The van der Waals surface area contributed by atoms with Crippen molar-refractivity contribution in [3.63, 3.8) is 0 Å². The van der Waals surface area contributed by atoms with E-state index in [0.717, 1.165) is 32.1 Å². The van der Waals surface area contributed by atoms with Crippen LogP contribution in [0.2, 0.25) is 0 Å². The van der Waals surface area contributed by atoms with Crippen LogP contribution in [0.1, 0.15) is 31.7 Å². The molecule has 1 fully saturated rings. The van der Waals surface area contributed by atoms with E-state index in [4.69, 9.17) is 5.11 Å². The highest BCUT2D eigenvalue weighted by molar-refractivity contribution is 9.10. The van der Waals surface area contributed by atoms with Crippen LogP contribution in [0.15, 0.2) is 22.7 Å². The lowest BCUT2D eigenvalue weighted by atomic mass is 10.2. The molecule has 4 heteroatoms. The van der Waals surface area contributed by atoms with Gasteiger partial charge in [0.15, 0.2) is 0 Å². The first-order valence-electron chi connectivity index (χ1n) is 7.12. The van der Waals surface area contributed by atoms with Gasteiger partial charge in [-0.05, 0) is 43.9 Å². The smallest absolute Gasteiger partial charge is 0.0447 e. The molecule has 0 saturated heterocycles. The van der Waals surface area contributed by atoms with Gasteiger partial charge < -0.3 is 15.3 Å². The van der Waals surface area contributed by atoms with Crippen LogP contribution in [0.4, 0.5) is 5.69 Å². The van der Waals surface area contributed by atoms with Gasteiger partial charge >= 0.3 is 0 Å². The van der Waals surface area contributed by atoms with Gasteiger partial charge in [0.2, 0.25) is 0 Å². The van der Waals surface area contributed by atoms with E-state index in [2.05, 4.69) is 51.3 Å². The largest absolute Gasteiger partial charge is 0.396 e. The van der Waals surface area contributed by atoms with E-state index >= 15 is 0 Å². The second-order valence-electron chi connectivity index (χ2n) is 5.09. The minimum atomic E-state index is 0.251. The first-order valence-corrected chi connectivity index (χ1v) is 7.91. The van der Waals surface area contributed by atoms with Crippen molar-refractivity contribution in [2.24, 2.45) is 0 Å². The molecular formula is C15H23BrN2O. The number of hydrogen-bond acceptors (Lipinski definition) is 3. The fourth-order valence-electron chi connectivity index (χ4n) is 2.15. The van der Waals surface area contributed by atoms with Crippen LogP contribution in [-0.4, -0.2) is 30.8 Å². The fourth-order valence-corrected chi connectivity index (χ4v) is 2.66. The molecule has 0 heterocycles. The highest BCUT2D eigenvalue weighted by Crippen LogP contribution is 2.26. The summed E-state index contributed by atoms with van der Waals surface area (Å²) in [7, 11) is 0. The molecule has 2 N–H and O–H groups in total. The van der Waals surface area contributed by atoms with Crippen LogP contribution in [-0.2, 0) is 6.54 Å². The van der Waals surface area contributed by atoms with Gasteiger partial charge in [0.25, 0.3) is 0 Å². The first kappa shape index (κ1) is 14.8. The van der Waals surface area contributed by atoms with Gasteiger partial charge in [-0.3, -0.25) is 0 Å². The average Bonchev–Trinajstić information content (AvgIpc) is 3.23. The summed E-state index contributed by atoms with van der Waals surface area (Å²) in [6.45, 7) is 5.20. The Hall–Kier alpha value is -0.580. The summed E-state index contributed by atoms with van der Waals surface area (Å²) in [5.41, 5.74) is 2.53. The number of nitrogens with one attached hydrogen (secondary N) is 1. The van der Waals surface area contributed by atoms with E-state index in [-0.39, 0.29) is 6.61 Å². The summed E-state index contributed by atoms with van der Waals surface area (Å²) >= 11 is 3.67. The number of benzene rings is 1. The van der Waals surface area contributed by atoms with Gasteiger partial charge in [-0.25, -0.2) is 0 Å². The summed E-state index contributed by atoms with van der Waals surface area (Å²) in [4.78, 5) is 2.29. The molecule has 19 heavy (non-hydrogen) atoms. The fraction of sp³-hybridized carbons (Fsp3) is 0.600. The number of hydrogen-bond donors (Lipinski definition) is 2. The Labute approximate surface area is 124 Å². The Morgan fingerprint density at radius 3 is 2.79 bits per heavy atom. The maximum atomic E-state index is 8.94. The van der Waals surface area contributed by atoms with Crippen LogP contribution in [0.5, 0.6) is 0 Å². The SMILES string of the molecule is CCN(CCCO)c1ccc(CNC2CC2)c(Br)c1. The number of aliphatic hydroxyl groups excluding tert-OH is 1. The zero-order valence-electron chi connectivity index (χ0n) is 11.5. The lowest BCUT2D eigenvalue weighted by Gasteiger charge is -2.23. The maximum Gasteiger partial charge on any atom is 0.0447 e.